The minimum atomic E-state index is -4.34. The Morgan fingerprint density at radius 2 is 1.70 bits per heavy atom. The molecule has 1 aromatic heterocycles. The molecule has 1 aromatic carbocycles. The SMILES string of the molecule is FC(F)(F)c1ccc(N(c2cnccc2OC2CC2)C2CCNCC2)cc1. The average molecular weight is 377 g/mol. The zero-order valence-corrected chi connectivity index (χ0v) is 14.9. The largest absolute Gasteiger partial charge is 0.488 e. The maximum Gasteiger partial charge on any atom is 0.416 e. The zero-order chi connectivity index (χ0) is 18.9. The molecule has 1 saturated heterocycles. The summed E-state index contributed by atoms with van der Waals surface area (Å²) in [5.41, 5.74) is 0.900. The van der Waals surface area contributed by atoms with Crippen LogP contribution in [0.2, 0.25) is 0 Å². The molecular formula is C20H22F3N3O. The van der Waals surface area contributed by atoms with E-state index in [2.05, 4.69) is 15.2 Å². The Kier molecular flexibility index (Phi) is 4.95. The summed E-state index contributed by atoms with van der Waals surface area (Å²) in [5, 5.41) is 3.34. The molecule has 2 aromatic rings. The van der Waals surface area contributed by atoms with Crippen molar-refractivity contribution in [3.63, 3.8) is 0 Å². The van der Waals surface area contributed by atoms with Crippen LogP contribution in [0.4, 0.5) is 24.5 Å². The van der Waals surface area contributed by atoms with Crippen molar-refractivity contribution in [3.05, 3.63) is 48.3 Å². The molecule has 1 aliphatic heterocycles. The van der Waals surface area contributed by atoms with Crippen molar-refractivity contribution in [1.29, 1.82) is 0 Å². The molecule has 27 heavy (non-hydrogen) atoms. The lowest BCUT2D eigenvalue weighted by atomic mass is 10.0. The number of piperidine rings is 1. The molecule has 2 fully saturated rings. The minimum Gasteiger partial charge on any atom is -0.488 e. The molecule has 1 aliphatic carbocycles. The van der Waals surface area contributed by atoms with Gasteiger partial charge >= 0.3 is 6.18 Å². The van der Waals surface area contributed by atoms with E-state index in [4.69, 9.17) is 4.74 Å². The van der Waals surface area contributed by atoms with Crippen LogP contribution < -0.4 is 15.0 Å². The van der Waals surface area contributed by atoms with Crippen molar-refractivity contribution >= 4 is 11.4 Å². The molecule has 0 bridgehead atoms. The first kappa shape index (κ1) is 18.1. The van der Waals surface area contributed by atoms with Gasteiger partial charge in [-0.25, -0.2) is 0 Å². The first-order chi connectivity index (χ1) is 13.0. The summed E-state index contributed by atoms with van der Waals surface area (Å²) in [4.78, 5) is 6.34. The van der Waals surface area contributed by atoms with E-state index < -0.39 is 11.7 Å². The van der Waals surface area contributed by atoms with Crippen LogP contribution in [0.3, 0.4) is 0 Å². The van der Waals surface area contributed by atoms with E-state index >= 15 is 0 Å². The van der Waals surface area contributed by atoms with Gasteiger partial charge < -0.3 is 15.0 Å². The Morgan fingerprint density at radius 1 is 1.00 bits per heavy atom. The molecule has 0 unspecified atom stereocenters. The van der Waals surface area contributed by atoms with Crippen LogP contribution in [0.15, 0.2) is 42.7 Å². The van der Waals surface area contributed by atoms with Crippen LogP contribution in [0.25, 0.3) is 0 Å². The lowest BCUT2D eigenvalue weighted by Gasteiger charge is -2.37. The number of benzene rings is 1. The van der Waals surface area contributed by atoms with Crippen molar-refractivity contribution in [2.24, 2.45) is 0 Å². The monoisotopic (exact) mass is 377 g/mol. The number of alkyl halides is 3. The molecule has 4 nitrogen and oxygen atoms in total. The Hall–Kier alpha value is -2.28. The predicted molar refractivity (Wildman–Crippen MR) is 97.4 cm³/mol. The van der Waals surface area contributed by atoms with Gasteiger partial charge in [0.05, 0.1) is 17.9 Å². The Morgan fingerprint density at radius 3 is 2.33 bits per heavy atom. The van der Waals surface area contributed by atoms with Crippen molar-refractivity contribution in [1.82, 2.24) is 10.3 Å². The maximum atomic E-state index is 13.0. The highest BCUT2D eigenvalue weighted by molar-refractivity contribution is 5.69. The third-order valence-electron chi connectivity index (χ3n) is 4.99. The average Bonchev–Trinajstić information content (AvgIpc) is 3.48. The number of nitrogens with one attached hydrogen (secondary N) is 1. The fraction of sp³-hybridized carbons (Fsp3) is 0.450. The molecule has 1 saturated carbocycles. The highest BCUT2D eigenvalue weighted by Crippen LogP contribution is 2.40. The summed E-state index contributed by atoms with van der Waals surface area (Å²) < 4.78 is 44.9. The molecule has 4 rings (SSSR count). The van der Waals surface area contributed by atoms with Crippen LogP contribution in [0.1, 0.15) is 31.2 Å². The molecule has 0 radical (unpaired) electrons. The van der Waals surface area contributed by atoms with Gasteiger partial charge in [-0.1, -0.05) is 0 Å². The van der Waals surface area contributed by atoms with Crippen LogP contribution in [-0.4, -0.2) is 30.2 Å². The normalized spacial score (nSPS) is 18.3. The highest BCUT2D eigenvalue weighted by atomic mass is 19.4. The van der Waals surface area contributed by atoms with Gasteiger partial charge in [-0.05, 0) is 63.0 Å². The number of nitrogens with zero attached hydrogens (tertiary/aromatic N) is 2. The molecule has 144 valence electrons. The van der Waals surface area contributed by atoms with Gasteiger partial charge in [-0.15, -0.1) is 0 Å². The van der Waals surface area contributed by atoms with Crippen LogP contribution in [0, 0.1) is 0 Å². The number of hydrogen-bond donors (Lipinski definition) is 1. The first-order valence-electron chi connectivity index (χ1n) is 9.30. The zero-order valence-electron chi connectivity index (χ0n) is 14.9. The van der Waals surface area contributed by atoms with E-state index in [1.165, 1.54) is 0 Å². The van der Waals surface area contributed by atoms with Crippen LogP contribution in [-0.2, 0) is 6.18 Å². The number of rotatable bonds is 5. The third kappa shape index (κ3) is 4.18. The third-order valence-corrected chi connectivity index (χ3v) is 4.99. The summed E-state index contributed by atoms with van der Waals surface area (Å²) >= 11 is 0. The molecule has 7 heteroatoms. The van der Waals surface area contributed by atoms with E-state index in [-0.39, 0.29) is 12.1 Å². The van der Waals surface area contributed by atoms with Crippen molar-refractivity contribution < 1.29 is 17.9 Å². The van der Waals surface area contributed by atoms with Gasteiger partial charge in [0.2, 0.25) is 0 Å². The van der Waals surface area contributed by atoms with Crippen LogP contribution in [0.5, 0.6) is 5.75 Å². The quantitative estimate of drug-likeness (QED) is 0.831. The lowest BCUT2D eigenvalue weighted by molar-refractivity contribution is -0.137. The highest BCUT2D eigenvalue weighted by Gasteiger charge is 2.32. The van der Waals surface area contributed by atoms with Gasteiger partial charge in [-0.2, -0.15) is 13.2 Å². The second-order valence-electron chi connectivity index (χ2n) is 7.06. The number of halogens is 3. The molecule has 2 aliphatic rings. The molecular weight excluding hydrogens is 355 g/mol. The summed E-state index contributed by atoms with van der Waals surface area (Å²) in [6, 6.07) is 7.37. The smallest absolute Gasteiger partial charge is 0.416 e. The van der Waals surface area contributed by atoms with Gasteiger partial charge in [0, 0.05) is 24.0 Å². The summed E-state index contributed by atoms with van der Waals surface area (Å²) in [6.07, 6.45) is 3.20. The maximum absolute atomic E-state index is 13.0. The summed E-state index contributed by atoms with van der Waals surface area (Å²) in [6.45, 7) is 1.75. The number of aromatic nitrogens is 1. The van der Waals surface area contributed by atoms with Crippen molar-refractivity contribution in [2.45, 2.75) is 44.0 Å². The van der Waals surface area contributed by atoms with E-state index in [0.29, 0.717) is 0 Å². The second kappa shape index (κ2) is 7.38. The Labute approximate surface area is 156 Å². The van der Waals surface area contributed by atoms with Crippen LogP contribution >= 0.6 is 0 Å². The van der Waals surface area contributed by atoms with E-state index in [9.17, 15) is 13.2 Å². The molecule has 2 heterocycles. The van der Waals surface area contributed by atoms with E-state index in [1.807, 2.05) is 6.07 Å². The van der Waals surface area contributed by atoms with Gasteiger partial charge in [0.1, 0.15) is 11.4 Å². The fourth-order valence-electron chi connectivity index (χ4n) is 3.44. The van der Waals surface area contributed by atoms with Gasteiger partial charge in [-0.3, -0.25) is 4.98 Å². The number of anilines is 2. The Balaban J connectivity index is 1.71. The Bertz CT molecular complexity index is 769. The molecule has 0 atom stereocenters. The number of ether oxygens (including phenoxy) is 1. The fourth-order valence-corrected chi connectivity index (χ4v) is 3.44. The minimum absolute atomic E-state index is 0.175. The predicted octanol–water partition coefficient (Wildman–Crippen LogP) is 4.53. The van der Waals surface area contributed by atoms with Crippen molar-refractivity contribution in [3.8, 4) is 5.75 Å². The van der Waals surface area contributed by atoms with Crippen molar-refractivity contribution in [2.75, 3.05) is 18.0 Å². The topological polar surface area (TPSA) is 37.4 Å². The van der Waals surface area contributed by atoms with Gasteiger partial charge in [0.25, 0.3) is 0 Å². The number of hydrogen-bond acceptors (Lipinski definition) is 4. The molecule has 1 N–H and O–H groups in total. The lowest BCUT2D eigenvalue weighted by Crippen LogP contribution is -2.41. The summed E-state index contributed by atoms with van der Waals surface area (Å²) in [7, 11) is 0. The van der Waals surface area contributed by atoms with Gasteiger partial charge in [0.15, 0.2) is 0 Å². The van der Waals surface area contributed by atoms with E-state index in [1.54, 1.807) is 24.5 Å². The second-order valence-corrected chi connectivity index (χ2v) is 7.06. The standard InChI is InChI=1S/C20H22F3N3O/c21-20(22,23)14-1-3-15(4-2-14)26(16-7-10-24-11-8-16)18-13-25-12-9-19(18)27-17-5-6-17/h1-4,9,12-13,16-17,24H,5-8,10-11H2. The summed E-state index contributed by atoms with van der Waals surface area (Å²) in [5.74, 6) is 0.742. The first-order valence-corrected chi connectivity index (χ1v) is 9.30. The molecule has 0 amide bonds. The van der Waals surface area contributed by atoms with E-state index in [0.717, 1.165) is 68.0 Å². The number of pyridine rings is 1. The molecule has 0 spiro atoms.